The minimum atomic E-state index is -0.979. The molecule has 0 heterocycles. The Morgan fingerprint density at radius 2 is 1.71 bits per heavy atom. The van der Waals surface area contributed by atoms with Crippen molar-refractivity contribution in [1.29, 1.82) is 0 Å². The molecule has 0 aliphatic heterocycles. The van der Waals surface area contributed by atoms with Gasteiger partial charge in [0.1, 0.15) is 5.75 Å². The van der Waals surface area contributed by atoms with Crippen molar-refractivity contribution in [3.8, 4) is 5.75 Å². The van der Waals surface area contributed by atoms with Gasteiger partial charge in [0.25, 0.3) is 0 Å². The second kappa shape index (κ2) is 6.05. The molecular formula is C17H15IO3. The number of carbonyl (C=O) groups is 1. The summed E-state index contributed by atoms with van der Waals surface area (Å²) in [6.07, 6.45) is 1.50. The van der Waals surface area contributed by atoms with Crippen LogP contribution in [0.4, 0.5) is 0 Å². The summed E-state index contributed by atoms with van der Waals surface area (Å²) < 4.78 is 6.71. The number of carboxylic acid groups (broad SMARTS) is 1. The van der Waals surface area contributed by atoms with E-state index in [4.69, 9.17) is 4.74 Å². The third-order valence-corrected chi connectivity index (χ3v) is 4.30. The Balaban J connectivity index is 1.79. The zero-order valence-corrected chi connectivity index (χ0v) is 13.5. The van der Waals surface area contributed by atoms with Crippen molar-refractivity contribution in [2.75, 3.05) is 0 Å². The average Bonchev–Trinajstić information content (AvgIpc) is 3.31. The van der Waals surface area contributed by atoms with Gasteiger partial charge in [-0.15, -0.1) is 0 Å². The molecule has 3 nitrogen and oxygen atoms in total. The van der Waals surface area contributed by atoms with E-state index in [1.165, 1.54) is 18.4 Å². The van der Waals surface area contributed by atoms with Gasteiger partial charge in [0.2, 0.25) is 6.10 Å². The molecule has 1 saturated carbocycles. The molecule has 1 aliphatic rings. The molecule has 2 aromatic rings. The summed E-state index contributed by atoms with van der Waals surface area (Å²) >= 11 is 2.20. The molecule has 0 aromatic heterocycles. The van der Waals surface area contributed by atoms with Gasteiger partial charge in [-0.25, -0.2) is 4.79 Å². The highest BCUT2D eigenvalue weighted by atomic mass is 127. The lowest BCUT2D eigenvalue weighted by molar-refractivity contribution is -0.145. The molecule has 0 unspecified atom stereocenters. The highest BCUT2D eigenvalue weighted by Gasteiger charge is 2.25. The van der Waals surface area contributed by atoms with Crippen LogP contribution in [0.5, 0.6) is 5.75 Å². The smallest absolute Gasteiger partial charge is 0.349 e. The minimum absolute atomic E-state index is 0.564. The van der Waals surface area contributed by atoms with Crippen LogP contribution in [0.15, 0.2) is 48.5 Å². The van der Waals surface area contributed by atoms with Gasteiger partial charge in [-0.05, 0) is 71.2 Å². The molecule has 108 valence electrons. The summed E-state index contributed by atoms with van der Waals surface area (Å²) in [7, 11) is 0. The van der Waals surface area contributed by atoms with Gasteiger partial charge in [-0.2, -0.15) is 0 Å². The summed E-state index contributed by atoms with van der Waals surface area (Å²) in [6.45, 7) is 0. The summed E-state index contributed by atoms with van der Waals surface area (Å²) in [6, 6.07) is 15.1. The fourth-order valence-corrected chi connectivity index (χ4v) is 2.63. The molecule has 1 atom stereocenters. The Kier molecular flexibility index (Phi) is 4.14. The van der Waals surface area contributed by atoms with Crippen LogP contribution in [0.2, 0.25) is 0 Å². The number of carboxylic acids is 1. The predicted molar refractivity (Wildman–Crippen MR) is 88.6 cm³/mol. The molecule has 0 bridgehead atoms. The largest absolute Gasteiger partial charge is 0.478 e. The Morgan fingerprint density at radius 1 is 1.10 bits per heavy atom. The van der Waals surface area contributed by atoms with Crippen LogP contribution < -0.4 is 4.74 Å². The molecule has 0 radical (unpaired) electrons. The monoisotopic (exact) mass is 394 g/mol. The van der Waals surface area contributed by atoms with E-state index in [-0.39, 0.29) is 0 Å². The van der Waals surface area contributed by atoms with Crippen LogP contribution in [0, 0.1) is 3.57 Å². The van der Waals surface area contributed by atoms with Crippen LogP contribution in [0.25, 0.3) is 0 Å². The lowest BCUT2D eigenvalue weighted by Gasteiger charge is -2.16. The van der Waals surface area contributed by atoms with Crippen LogP contribution >= 0.6 is 22.6 Å². The van der Waals surface area contributed by atoms with Crippen LogP contribution in [0.3, 0.4) is 0 Å². The summed E-state index contributed by atoms with van der Waals surface area (Å²) in [4.78, 5) is 11.5. The van der Waals surface area contributed by atoms with Crippen molar-refractivity contribution in [2.45, 2.75) is 24.9 Å². The van der Waals surface area contributed by atoms with Gasteiger partial charge in [0.05, 0.1) is 0 Å². The number of halogens is 1. The Morgan fingerprint density at radius 3 is 2.24 bits per heavy atom. The van der Waals surface area contributed by atoms with Crippen molar-refractivity contribution < 1.29 is 14.6 Å². The van der Waals surface area contributed by atoms with Crippen LogP contribution in [-0.4, -0.2) is 11.1 Å². The van der Waals surface area contributed by atoms with Crippen molar-refractivity contribution in [2.24, 2.45) is 0 Å². The molecular weight excluding hydrogens is 379 g/mol. The topological polar surface area (TPSA) is 46.5 Å². The van der Waals surface area contributed by atoms with Gasteiger partial charge < -0.3 is 9.84 Å². The third kappa shape index (κ3) is 3.56. The van der Waals surface area contributed by atoms with Gasteiger partial charge in [-0.3, -0.25) is 0 Å². The normalized spacial score (nSPS) is 15.5. The first-order chi connectivity index (χ1) is 10.1. The van der Waals surface area contributed by atoms with E-state index < -0.39 is 12.1 Å². The van der Waals surface area contributed by atoms with E-state index in [1.54, 1.807) is 12.1 Å². The van der Waals surface area contributed by atoms with Gasteiger partial charge in [-0.1, -0.05) is 24.3 Å². The van der Waals surface area contributed by atoms with Gasteiger partial charge >= 0.3 is 5.97 Å². The van der Waals surface area contributed by atoms with Crippen molar-refractivity contribution in [1.82, 2.24) is 0 Å². The van der Waals surface area contributed by atoms with Crippen LogP contribution in [-0.2, 0) is 4.79 Å². The van der Waals surface area contributed by atoms with E-state index in [2.05, 4.69) is 22.6 Å². The van der Waals surface area contributed by atoms with Crippen molar-refractivity contribution in [3.05, 3.63) is 63.2 Å². The predicted octanol–water partition coefficient (Wildman–Crippen LogP) is 4.37. The summed E-state index contributed by atoms with van der Waals surface area (Å²) in [5.74, 6) is 0.251. The molecule has 0 saturated heterocycles. The second-order valence-electron chi connectivity index (χ2n) is 5.23. The molecule has 3 rings (SSSR count). The molecule has 1 aliphatic carbocycles. The quantitative estimate of drug-likeness (QED) is 0.767. The maximum atomic E-state index is 11.5. The average molecular weight is 394 g/mol. The highest BCUT2D eigenvalue weighted by molar-refractivity contribution is 14.1. The third-order valence-electron chi connectivity index (χ3n) is 3.58. The lowest BCUT2D eigenvalue weighted by atomic mass is 10.0. The molecule has 0 spiro atoms. The first-order valence-corrected chi connectivity index (χ1v) is 7.96. The maximum Gasteiger partial charge on any atom is 0.349 e. The molecule has 0 amide bonds. The van der Waals surface area contributed by atoms with Crippen molar-refractivity contribution >= 4 is 28.6 Å². The standard InChI is InChI=1S/C17H15IO3/c18-14-7-9-15(10-8-14)21-16(17(19)20)13-5-3-12(4-6-13)11-1-2-11/h3-11,16H,1-2H2,(H,19,20)/t16-/m0/s1. The van der Waals surface area contributed by atoms with E-state index in [0.717, 1.165) is 3.57 Å². The SMILES string of the molecule is O=C(O)[C@@H](Oc1ccc(I)cc1)c1ccc(C2CC2)cc1. The molecule has 4 heteroatoms. The number of aliphatic carboxylic acids is 1. The van der Waals surface area contributed by atoms with E-state index in [0.29, 0.717) is 17.2 Å². The highest BCUT2D eigenvalue weighted by Crippen LogP contribution is 2.40. The van der Waals surface area contributed by atoms with Gasteiger partial charge in [0, 0.05) is 9.13 Å². The summed E-state index contributed by atoms with van der Waals surface area (Å²) in [5, 5.41) is 9.41. The number of rotatable bonds is 5. The lowest BCUT2D eigenvalue weighted by Crippen LogP contribution is -2.18. The fourth-order valence-electron chi connectivity index (χ4n) is 2.27. The molecule has 2 aromatic carbocycles. The Bertz CT molecular complexity index is 630. The zero-order chi connectivity index (χ0) is 14.8. The van der Waals surface area contributed by atoms with E-state index in [9.17, 15) is 9.90 Å². The van der Waals surface area contributed by atoms with Crippen molar-refractivity contribution in [3.63, 3.8) is 0 Å². The number of hydrogen-bond acceptors (Lipinski definition) is 2. The molecule has 1 N–H and O–H groups in total. The maximum absolute atomic E-state index is 11.5. The Hall–Kier alpha value is -1.56. The molecule has 21 heavy (non-hydrogen) atoms. The fraction of sp³-hybridized carbons (Fsp3) is 0.235. The zero-order valence-electron chi connectivity index (χ0n) is 11.3. The minimum Gasteiger partial charge on any atom is -0.478 e. The van der Waals surface area contributed by atoms with Crippen LogP contribution in [0.1, 0.15) is 36.0 Å². The number of ether oxygens (including phenoxy) is 1. The van der Waals surface area contributed by atoms with E-state index >= 15 is 0 Å². The first-order valence-electron chi connectivity index (χ1n) is 6.88. The first kappa shape index (κ1) is 14.4. The Labute approximate surface area is 137 Å². The molecule has 1 fully saturated rings. The van der Waals surface area contributed by atoms with Gasteiger partial charge in [0.15, 0.2) is 0 Å². The second-order valence-corrected chi connectivity index (χ2v) is 6.48. The summed E-state index contributed by atoms with van der Waals surface area (Å²) in [5.41, 5.74) is 1.96. The number of hydrogen-bond donors (Lipinski definition) is 1. The van der Waals surface area contributed by atoms with E-state index in [1.807, 2.05) is 36.4 Å². The number of benzene rings is 2.